The molecule has 0 bridgehead atoms. The van der Waals surface area contributed by atoms with Gasteiger partial charge in [0, 0.05) is 24.6 Å². The Morgan fingerprint density at radius 1 is 1.47 bits per heavy atom. The minimum atomic E-state index is -0.317. The van der Waals surface area contributed by atoms with Crippen LogP contribution in [-0.4, -0.2) is 31.2 Å². The van der Waals surface area contributed by atoms with Crippen molar-refractivity contribution in [2.45, 2.75) is 0 Å². The third-order valence-electron chi connectivity index (χ3n) is 2.42. The fourth-order valence-corrected chi connectivity index (χ4v) is 1.59. The van der Waals surface area contributed by atoms with E-state index >= 15 is 0 Å². The molecule has 2 rings (SSSR count). The predicted octanol–water partition coefficient (Wildman–Crippen LogP) is 1.68. The van der Waals surface area contributed by atoms with Crippen molar-refractivity contribution in [3.8, 4) is 0 Å². The fraction of sp³-hybridized carbons (Fsp3) is 0.250. The second kappa shape index (κ2) is 4.97. The lowest BCUT2D eigenvalue weighted by atomic mass is 10.2. The van der Waals surface area contributed by atoms with E-state index in [0.717, 1.165) is 5.52 Å². The summed E-state index contributed by atoms with van der Waals surface area (Å²) in [5.74, 6) is -0.540. The molecule has 2 aromatic rings. The summed E-state index contributed by atoms with van der Waals surface area (Å²) >= 11 is 0. The molecule has 0 spiro atoms. The van der Waals surface area contributed by atoms with Crippen LogP contribution in [-0.2, 0) is 4.74 Å². The van der Waals surface area contributed by atoms with Crippen molar-refractivity contribution in [2.75, 3.05) is 20.3 Å². The molecule has 90 valence electrons. The number of carbonyl (C=O) groups excluding carboxylic acids is 1. The molecule has 0 aliphatic heterocycles. The van der Waals surface area contributed by atoms with E-state index in [2.05, 4.69) is 10.3 Å². The van der Waals surface area contributed by atoms with Crippen molar-refractivity contribution in [1.29, 1.82) is 0 Å². The molecule has 0 saturated heterocycles. The van der Waals surface area contributed by atoms with Crippen LogP contribution in [0.1, 0.15) is 10.5 Å². The molecule has 0 aliphatic carbocycles. The van der Waals surface area contributed by atoms with Gasteiger partial charge in [0.05, 0.1) is 6.61 Å². The number of benzene rings is 1. The molecule has 0 radical (unpaired) electrons. The molecule has 0 unspecified atom stereocenters. The van der Waals surface area contributed by atoms with Crippen LogP contribution < -0.4 is 5.32 Å². The second-order valence-corrected chi connectivity index (χ2v) is 3.66. The maximum Gasteiger partial charge on any atom is 0.267 e. The van der Waals surface area contributed by atoms with E-state index in [1.807, 2.05) is 0 Å². The maximum atomic E-state index is 13.0. The van der Waals surface area contributed by atoms with Crippen molar-refractivity contribution in [1.82, 2.24) is 10.3 Å². The van der Waals surface area contributed by atoms with E-state index in [0.29, 0.717) is 24.2 Å². The molecule has 1 amide bonds. The Balaban J connectivity index is 2.15. The minimum Gasteiger partial charge on any atom is -0.383 e. The number of amides is 1. The minimum absolute atomic E-state index is 0.223. The largest absolute Gasteiger partial charge is 0.383 e. The third-order valence-corrected chi connectivity index (χ3v) is 2.42. The van der Waals surface area contributed by atoms with Gasteiger partial charge < -0.3 is 15.0 Å². The summed E-state index contributed by atoms with van der Waals surface area (Å²) in [4.78, 5) is 14.6. The summed E-state index contributed by atoms with van der Waals surface area (Å²) in [6.07, 6.45) is 0. The number of aromatic amines is 1. The van der Waals surface area contributed by atoms with Crippen molar-refractivity contribution in [3.63, 3.8) is 0 Å². The molecule has 1 aromatic heterocycles. The van der Waals surface area contributed by atoms with Crippen LogP contribution >= 0.6 is 0 Å². The number of halogens is 1. The zero-order valence-corrected chi connectivity index (χ0v) is 9.42. The highest BCUT2D eigenvalue weighted by Crippen LogP contribution is 2.16. The summed E-state index contributed by atoms with van der Waals surface area (Å²) in [6, 6.07) is 5.97. The molecule has 0 saturated carbocycles. The molecular formula is C12H13FN2O2. The molecule has 17 heavy (non-hydrogen) atoms. The quantitative estimate of drug-likeness (QED) is 0.793. The molecule has 2 N–H and O–H groups in total. The molecular weight excluding hydrogens is 223 g/mol. The van der Waals surface area contributed by atoms with Crippen LogP contribution in [0, 0.1) is 5.82 Å². The van der Waals surface area contributed by atoms with Gasteiger partial charge in [-0.2, -0.15) is 0 Å². The Hall–Kier alpha value is -1.88. The Labute approximate surface area is 97.8 Å². The topological polar surface area (TPSA) is 54.1 Å². The van der Waals surface area contributed by atoms with Gasteiger partial charge >= 0.3 is 0 Å². The van der Waals surface area contributed by atoms with Crippen LogP contribution in [0.3, 0.4) is 0 Å². The number of H-pyrrole nitrogens is 1. The molecule has 1 aromatic carbocycles. The highest BCUT2D eigenvalue weighted by molar-refractivity contribution is 5.97. The molecule has 0 fully saturated rings. The number of nitrogens with one attached hydrogen (secondary N) is 2. The van der Waals surface area contributed by atoms with Crippen LogP contribution in [0.2, 0.25) is 0 Å². The second-order valence-electron chi connectivity index (χ2n) is 3.66. The number of rotatable bonds is 4. The van der Waals surface area contributed by atoms with Gasteiger partial charge in [-0.05, 0) is 24.3 Å². The van der Waals surface area contributed by atoms with Gasteiger partial charge in [-0.1, -0.05) is 0 Å². The number of methoxy groups -OCH3 is 1. The summed E-state index contributed by atoms with van der Waals surface area (Å²) in [7, 11) is 1.57. The smallest absolute Gasteiger partial charge is 0.267 e. The van der Waals surface area contributed by atoms with Crippen molar-refractivity contribution < 1.29 is 13.9 Å². The predicted molar refractivity (Wildman–Crippen MR) is 62.5 cm³/mol. The first kappa shape index (κ1) is 11.6. The highest BCUT2D eigenvalue weighted by Gasteiger charge is 2.08. The van der Waals surface area contributed by atoms with Gasteiger partial charge in [0.1, 0.15) is 11.5 Å². The Bertz CT molecular complexity index is 536. The average Bonchev–Trinajstić information content (AvgIpc) is 2.72. The van der Waals surface area contributed by atoms with Crippen LogP contribution in [0.25, 0.3) is 10.9 Å². The lowest BCUT2D eigenvalue weighted by molar-refractivity contribution is 0.0933. The monoisotopic (exact) mass is 236 g/mol. The van der Waals surface area contributed by atoms with Crippen LogP contribution in [0.4, 0.5) is 4.39 Å². The number of aromatic nitrogens is 1. The van der Waals surface area contributed by atoms with E-state index in [-0.39, 0.29) is 11.7 Å². The Kier molecular flexibility index (Phi) is 3.39. The number of fused-ring (bicyclic) bond motifs is 1. The van der Waals surface area contributed by atoms with E-state index < -0.39 is 0 Å². The first-order valence-electron chi connectivity index (χ1n) is 5.26. The van der Waals surface area contributed by atoms with E-state index in [1.54, 1.807) is 19.2 Å². The normalized spacial score (nSPS) is 10.7. The zero-order chi connectivity index (χ0) is 12.3. The summed E-state index contributed by atoms with van der Waals surface area (Å²) < 4.78 is 17.8. The summed E-state index contributed by atoms with van der Waals surface area (Å²) in [5, 5.41) is 3.37. The van der Waals surface area contributed by atoms with E-state index in [1.165, 1.54) is 12.1 Å². The fourth-order valence-electron chi connectivity index (χ4n) is 1.59. The van der Waals surface area contributed by atoms with Gasteiger partial charge in [-0.3, -0.25) is 4.79 Å². The van der Waals surface area contributed by atoms with Crippen molar-refractivity contribution in [2.24, 2.45) is 0 Å². The Morgan fingerprint density at radius 3 is 3.06 bits per heavy atom. The third kappa shape index (κ3) is 2.62. The summed E-state index contributed by atoms with van der Waals surface area (Å²) in [5.41, 5.74) is 1.16. The van der Waals surface area contributed by atoms with Gasteiger partial charge in [-0.25, -0.2) is 4.39 Å². The average molecular weight is 236 g/mol. The zero-order valence-electron chi connectivity index (χ0n) is 9.42. The number of ether oxygens (including phenoxy) is 1. The first-order valence-corrected chi connectivity index (χ1v) is 5.26. The van der Waals surface area contributed by atoms with E-state index in [9.17, 15) is 9.18 Å². The van der Waals surface area contributed by atoms with Gasteiger partial charge in [0.25, 0.3) is 5.91 Å². The van der Waals surface area contributed by atoms with Gasteiger partial charge in [-0.15, -0.1) is 0 Å². The summed E-state index contributed by atoms with van der Waals surface area (Å²) in [6.45, 7) is 0.902. The molecule has 4 nitrogen and oxygen atoms in total. The van der Waals surface area contributed by atoms with Crippen molar-refractivity contribution in [3.05, 3.63) is 35.8 Å². The Morgan fingerprint density at radius 2 is 2.29 bits per heavy atom. The molecule has 5 heteroatoms. The van der Waals surface area contributed by atoms with Crippen molar-refractivity contribution >= 4 is 16.8 Å². The van der Waals surface area contributed by atoms with Gasteiger partial charge in [0.2, 0.25) is 0 Å². The van der Waals surface area contributed by atoms with Crippen LogP contribution in [0.15, 0.2) is 24.3 Å². The lowest BCUT2D eigenvalue weighted by Crippen LogP contribution is -2.27. The number of hydrogen-bond donors (Lipinski definition) is 2. The van der Waals surface area contributed by atoms with Gasteiger partial charge in [0.15, 0.2) is 0 Å². The number of hydrogen-bond acceptors (Lipinski definition) is 2. The first-order chi connectivity index (χ1) is 8.20. The lowest BCUT2D eigenvalue weighted by Gasteiger charge is -2.01. The van der Waals surface area contributed by atoms with Crippen LogP contribution in [0.5, 0.6) is 0 Å². The standard InChI is InChI=1S/C12H13FN2O2/c1-17-5-4-14-12(16)11-7-8-6-9(13)2-3-10(8)15-11/h2-3,6-7,15H,4-5H2,1H3,(H,14,16). The SMILES string of the molecule is COCCNC(=O)c1cc2cc(F)ccc2[nH]1. The highest BCUT2D eigenvalue weighted by atomic mass is 19.1. The maximum absolute atomic E-state index is 13.0. The molecule has 0 aliphatic rings. The molecule has 1 heterocycles. The number of carbonyl (C=O) groups is 1. The molecule has 0 atom stereocenters. The van der Waals surface area contributed by atoms with E-state index in [4.69, 9.17) is 4.74 Å².